The fourth-order valence-electron chi connectivity index (χ4n) is 2.45. The molecule has 0 aliphatic carbocycles. The first-order valence-electron chi connectivity index (χ1n) is 7.62. The van der Waals surface area contributed by atoms with Gasteiger partial charge in [0.2, 0.25) is 5.88 Å². The van der Waals surface area contributed by atoms with Crippen LogP contribution in [0.15, 0.2) is 73.4 Å². The molecule has 0 amide bonds. The Bertz CT molecular complexity index is 792. The number of nitrogens with zero attached hydrogens (tertiary/aromatic N) is 1. The van der Waals surface area contributed by atoms with Gasteiger partial charge in [0.1, 0.15) is 6.61 Å². The van der Waals surface area contributed by atoms with Crippen LogP contribution in [0.5, 0.6) is 5.88 Å². The molecule has 3 aromatic rings. The van der Waals surface area contributed by atoms with E-state index in [0.29, 0.717) is 12.5 Å². The van der Waals surface area contributed by atoms with Crippen molar-refractivity contribution in [3.8, 4) is 17.0 Å². The van der Waals surface area contributed by atoms with E-state index >= 15 is 0 Å². The van der Waals surface area contributed by atoms with E-state index in [4.69, 9.17) is 4.74 Å². The number of rotatable bonds is 5. The Labute approximate surface area is 137 Å². The van der Waals surface area contributed by atoms with Gasteiger partial charge in [-0.3, -0.25) is 0 Å². The summed E-state index contributed by atoms with van der Waals surface area (Å²) in [6.45, 7) is 6.49. The molecule has 3 rings (SSSR count). The lowest BCUT2D eigenvalue weighted by Crippen LogP contribution is -1.97. The van der Waals surface area contributed by atoms with Crippen LogP contribution >= 0.6 is 0 Å². The predicted molar refractivity (Wildman–Crippen MR) is 95.3 cm³/mol. The van der Waals surface area contributed by atoms with E-state index in [-0.39, 0.29) is 0 Å². The van der Waals surface area contributed by atoms with Crippen LogP contribution < -0.4 is 4.74 Å². The van der Waals surface area contributed by atoms with Gasteiger partial charge in [0.15, 0.2) is 0 Å². The Morgan fingerprint density at radius 3 is 2.57 bits per heavy atom. The molecule has 0 bridgehead atoms. The first-order valence-corrected chi connectivity index (χ1v) is 7.62. The quantitative estimate of drug-likeness (QED) is 0.639. The summed E-state index contributed by atoms with van der Waals surface area (Å²) in [6.07, 6.45) is 3.72. The summed E-state index contributed by atoms with van der Waals surface area (Å²) < 4.78 is 5.73. The van der Waals surface area contributed by atoms with Crippen molar-refractivity contribution in [2.75, 3.05) is 0 Å². The molecule has 2 nitrogen and oxygen atoms in total. The van der Waals surface area contributed by atoms with Crippen molar-refractivity contribution in [3.63, 3.8) is 0 Å². The van der Waals surface area contributed by atoms with Gasteiger partial charge in [0.25, 0.3) is 0 Å². The van der Waals surface area contributed by atoms with E-state index < -0.39 is 0 Å². The zero-order chi connectivity index (χ0) is 16.1. The van der Waals surface area contributed by atoms with Gasteiger partial charge in [-0.2, -0.15) is 0 Å². The zero-order valence-corrected chi connectivity index (χ0v) is 13.2. The second-order valence-corrected chi connectivity index (χ2v) is 5.45. The van der Waals surface area contributed by atoms with E-state index in [1.165, 1.54) is 5.56 Å². The number of aromatic nitrogens is 1. The maximum absolute atomic E-state index is 5.73. The van der Waals surface area contributed by atoms with Crippen LogP contribution in [0.3, 0.4) is 0 Å². The molecule has 0 N–H and O–H groups in total. The van der Waals surface area contributed by atoms with Gasteiger partial charge in [-0.15, -0.1) is 0 Å². The summed E-state index contributed by atoms with van der Waals surface area (Å²) in [5.41, 5.74) is 5.66. The number of hydrogen-bond donors (Lipinski definition) is 0. The number of pyridine rings is 1. The molecule has 1 aromatic heterocycles. The van der Waals surface area contributed by atoms with Crippen LogP contribution in [-0.4, -0.2) is 4.98 Å². The normalized spacial score (nSPS) is 10.3. The van der Waals surface area contributed by atoms with E-state index in [9.17, 15) is 0 Å². The molecule has 0 saturated heterocycles. The first kappa shape index (κ1) is 15.0. The van der Waals surface area contributed by atoms with E-state index in [1.54, 1.807) is 0 Å². The molecule has 0 fully saturated rings. The molecule has 0 unspecified atom stereocenters. The van der Waals surface area contributed by atoms with E-state index in [0.717, 1.165) is 22.3 Å². The van der Waals surface area contributed by atoms with E-state index in [2.05, 4.69) is 36.7 Å². The van der Waals surface area contributed by atoms with Crippen molar-refractivity contribution in [1.29, 1.82) is 0 Å². The smallest absolute Gasteiger partial charge is 0.213 e. The lowest BCUT2D eigenvalue weighted by Gasteiger charge is -2.09. The molecular weight excluding hydrogens is 282 g/mol. The van der Waals surface area contributed by atoms with Gasteiger partial charge in [0, 0.05) is 17.8 Å². The Kier molecular flexibility index (Phi) is 4.53. The maximum Gasteiger partial charge on any atom is 0.213 e. The number of benzene rings is 2. The molecule has 114 valence electrons. The van der Waals surface area contributed by atoms with Gasteiger partial charge < -0.3 is 4.74 Å². The fraction of sp³-hybridized carbons (Fsp3) is 0.0952. The lowest BCUT2D eigenvalue weighted by atomic mass is 9.99. The minimum atomic E-state index is 0.523. The fourth-order valence-corrected chi connectivity index (χ4v) is 2.45. The summed E-state index contributed by atoms with van der Waals surface area (Å²) in [4.78, 5) is 4.42. The number of ether oxygens (including phenoxy) is 1. The molecule has 2 heteroatoms. The van der Waals surface area contributed by atoms with Gasteiger partial charge in [-0.1, -0.05) is 66.7 Å². The highest BCUT2D eigenvalue weighted by Gasteiger charge is 2.05. The summed E-state index contributed by atoms with van der Waals surface area (Å²) in [7, 11) is 0. The minimum absolute atomic E-state index is 0.523. The van der Waals surface area contributed by atoms with Gasteiger partial charge in [0.05, 0.1) is 0 Å². The SMILES string of the molecule is C=Cc1ccc(C)cc1-c1ccc(OCc2ccccc2)nc1. The minimum Gasteiger partial charge on any atom is -0.473 e. The van der Waals surface area contributed by atoms with Gasteiger partial charge in [-0.25, -0.2) is 4.98 Å². The molecule has 23 heavy (non-hydrogen) atoms. The van der Waals surface area contributed by atoms with Crippen molar-refractivity contribution in [2.45, 2.75) is 13.5 Å². The Hall–Kier alpha value is -2.87. The molecule has 0 aliphatic rings. The third-order valence-electron chi connectivity index (χ3n) is 3.71. The Balaban J connectivity index is 1.77. The van der Waals surface area contributed by atoms with Crippen LogP contribution in [0.1, 0.15) is 16.7 Å². The molecule has 0 saturated carbocycles. The van der Waals surface area contributed by atoms with Crippen LogP contribution in [0.25, 0.3) is 17.2 Å². The molecule has 2 aromatic carbocycles. The molecular formula is C21H19NO. The first-order chi connectivity index (χ1) is 11.3. The van der Waals surface area contributed by atoms with Crippen molar-refractivity contribution in [1.82, 2.24) is 4.98 Å². The topological polar surface area (TPSA) is 22.1 Å². The Morgan fingerprint density at radius 1 is 1.04 bits per heavy atom. The number of aryl methyl sites for hydroxylation is 1. The Morgan fingerprint density at radius 2 is 1.87 bits per heavy atom. The maximum atomic E-state index is 5.73. The van der Waals surface area contributed by atoms with Crippen LogP contribution in [-0.2, 0) is 6.61 Å². The summed E-state index contributed by atoms with van der Waals surface area (Å²) in [5, 5.41) is 0. The van der Waals surface area contributed by atoms with Crippen molar-refractivity contribution in [3.05, 3.63) is 90.1 Å². The monoisotopic (exact) mass is 301 g/mol. The predicted octanol–water partition coefficient (Wildman–Crippen LogP) is 5.28. The van der Waals surface area contributed by atoms with E-state index in [1.807, 2.05) is 54.7 Å². The molecule has 0 radical (unpaired) electrons. The van der Waals surface area contributed by atoms with Gasteiger partial charge >= 0.3 is 0 Å². The lowest BCUT2D eigenvalue weighted by molar-refractivity contribution is 0.294. The highest BCUT2D eigenvalue weighted by atomic mass is 16.5. The second-order valence-electron chi connectivity index (χ2n) is 5.45. The van der Waals surface area contributed by atoms with Gasteiger partial charge in [-0.05, 0) is 29.7 Å². The molecule has 0 atom stereocenters. The second kappa shape index (κ2) is 6.93. The largest absolute Gasteiger partial charge is 0.473 e. The highest BCUT2D eigenvalue weighted by Crippen LogP contribution is 2.26. The standard InChI is InChI=1S/C21H19NO/c1-3-18-10-9-16(2)13-20(18)19-11-12-21(22-14-19)23-15-17-7-5-4-6-8-17/h3-14H,1,15H2,2H3. The van der Waals surface area contributed by atoms with Crippen LogP contribution in [0.4, 0.5) is 0 Å². The summed E-state index contributed by atoms with van der Waals surface area (Å²) >= 11 is 0. The van der Waals surface area contributed by atoms with Crippen molar-refractivity contribution < 1.29 is 4.74 Å². The van der Waals surface area contributed by atoms with Crippen LogP contribution in [0, 0.1) is 6.92 Å². The third-order valence-corrected chi connectivity index (χ3v) is 3.71. The number of hydrogen-bond acceptors (Lipinski definition) is 2. The van der Waals surface area contributed by atoms with Crippen molar-refractivity contribution >= 4 is 6.08 Å². The van der Waals surface area contributed by atoms with Crippen molar-refractivity contribution in [2.24, 2.45) is 0 Å². The molecule has 1 heterocycles. The highest BCUT2D eigenvalue weighted by molar-refractivity contribution is 5.75. The third kappa shape index (κ3) is 3.67. The molecule has 0 aliphatic heterocycles. The molecule has 0 spiro atoms. The average molecular weight is 301 g/mol. The average Bonchev–Trinajstić information content (AvgIpc) is 2.61. The zero-order valence-electron chi connectivity index (χ0n) is 13.2. The summed E-state index contributed by atoms with van der Waals surface area (Å²) in [6, 6.07) is 20.3. The summed E-state index contributed by atoms with van der Waals surface area (Å²) in [5.74, 6) is 0.630. The van der Waals surface area contributed by atoms with Crippen LogP contribution in [0.2, 0.25) is 0 Å².